The summed E-state index contributed by atoms with van der Waals surface area (Å²) in [5, 5.41) is 19.4. The molecular formula is C32H37F6I6InNO10-3. The molecule has 2 aliphatic heterocycles. The summed E-state index contributed by atoms with van der Waals surface area (Å²) in [6.45, 7) is 3.62. The first kappa shape index (κ1) is 59.1. The van der Waals surface area contributed by atoms with Crippen molar-refractivity contribution in [1.29, 1.82) is 0 Å². The van der Waals surface area contributed by atoms with Crippen LogP contribution >= 0.6 is 136 Å². The predicted octanol–water partition coefficient (Wildman–Crippen LogP) is 6.39. The third kappa shape index (κ3) is 24.5. The number of hydrogen-bond acceptors (Lipinski definition) is 10. The van der Waals surface area contributed by atoms with E-state index in [4.69, 9.17) is 14.6 Å². The van der Waals surface area contributed by atoms with Gasteiger partial charge in [0.2, 0.25) is 0 Å². The van der Waals surface area contributed by atoms with E-state index >= 15 is 0 Å². The quantitative estimate of drug-likeness (QED) is 0.103. The van der Waals surface area contributed by atoms with Gasteiger partial charge in [-0.2, -0.15) is 26.3 Å². The van der Waals surface area contributed by atoms with Crippen LogP contribution in [-0.2, 0) is 28.5 Å². The Morgan fingerprint density at radius 1 is 0.732 bits per heavy atom. The number of rotatable bonds is 8. The number of carboxylic acid groups (broad SMARTS) is 2. The fraction of sp³-hybridized carbons (Fsp3) is 0.469. The average Bonchev–Trinajstić information content (AvgIpc) is 3.08. The van der Waals surface area contributed by atoms with Crippen molar-refractivity contribution < 1.29 is 74.7 Å². The van der Waals surface area contributed by atoms with Crippen LogP contribution in [0.15, 0.2) is 24.3 Å². The van der Waals surface area contributed by atoms with Gasteiger partial charge in [0.1, 0.15) is 6.61 Å². The molecule has 0 radical (unpaired) electrons. The molecular weight excluding hydrogens is 1550 g/mol. The van der Waals surface area contributed by atoms with Crippen molar-refractivity contribution in [1.82, 2.24) is 4.90 Å². The van der Waals surface area contributed by atoms with Gasteiger partial charge in [-0.1, -0.05) is 0 Å². The fourth-order valence-electron chi connectivity index (χ4n) is 4.03. The zero-order valence-corrected chi connectivity index (χ0v) is 41.4. The summed E-state index contributed by atoms with van der Waals surface area (Å²) >= 11 is 12.5. The molecule has 2 aromatic rings. The molecule has 0 aliphatic carbocycles. The van der Waals surface area contributed by atoms with E-state index < -0.39 is 36.2 Å². The number of halogens is 12. The van der Waals surface area contributed by atoms with Crippen LogP contribution in [0.4, 0.5) is 26.3 Å². The average molecular weight is 1590 g/mol. The maximum atomic E-state index is 11.7. The van der Waals surface area contributed by atoms with Crippen molar-refractivity contribution >= 4 is 185 Å². The molecule has 2 fully saturated rings. The SMILES string of the molecule is O=C(O)c1cc(I)cc(I)c1I.O=C(OCCC1CCOCC1)C(F)(F)F.O=C(OCCN1CCOCC1)C(F)(F)F.O=C([O-])c1cc(I)cc(I)c1I.[CH3-].[InH4-]. The summed E-state index contributed by atoms with van der Waals surface area (Å²) in [5.74, 6) is -5.91. The summed E-state index contributed by atoms with van der Waals surface area (Å²) in [5.41, 5.74) is 0.652. The number of benzene rings is 2. The molecule has 0 spiro atoms. The number of alkyl halides is 6. The van der Waals surface area contributed by atoms with Gasteiger partial charge in [-0.05, 0) is 185 Å². The number of nitrogens with zero attached hydrogens (tertiary/aromatic N) is 1. The molecule has 2 saturated heterocycles. The summed E-state index contributed by atoms with van der Waals surface area (Å²) in [6.07, 6.45) is -7.65. The van der Waals surface area contributed by atoms with E-state index in [9.17, 15) is 50.6 Å². The molecule has 56 heavy (non-hydrogen) atoms. The van der Waals surface area contributed by atoms with Gasteiger partial charge in [0, 0.05) is 59.8 Å². The molecule has 320 valence electrons. The Labute approximate surface area is 420 Å². The molecule has 2 heterocycles. The summed E-state index contributed by atoms with van der Waals surface area (Å²) in [4.78, 5) is 43.9. The van der Waals surface area contributed by atoms with Crippen molar-refractivity contribution in [2.75, 3.05) is 59.3 Å². The van der Waals surface area contributed by atoms with E-state index in [-0.39, 0.29) is 52.0 Å². The van der Waals surface area contributed by atoms with Crippen molar-refractivity contribution in [3.05, 3.63) is 64.2 Å². The van der Waals surface area contributed by atoms with Crippen molar-refractivity contribution in [2.24, 2.45) is 5.92 Å². The van der Waals surface area contributed by atoms with Crippen LogP contribution in [0, 0.1) is 34.8 Å². The molecule has 11 nitrogen and oxygen atoms in total. The predicted molar refractivity (Wildman–Crippen MR) is 248 cm³/mol. The number of hydrogen-bond donors (Lipinski definition) is 1. The number of carboxylic acids is 2. The van der Waals surface area contributed by atoms with Gasteiger partial charge >= 0.3 is 56.1 Å². The van der Waals surface area contributed by atoms with Crippen LogP contribution in [0.25, 0.3) is 0 Å². The number of carbonyl (C=O) groups excluding carboxylic acids is 3. The van der Waals surface area contributed by atoms with Crippen LogP contribution in [0.3, 0.4) is 0 Å². The van der Waals surface area contributed by atoms with E-state index in [1.165, 1.54) is 0 Å². The Balaban J connectivity index is 0. The minimum atomic E-state index is -4.90. The minimum absolute atomic E-state index is 0. The van der Waals surface area contributed by atoms with Crippen molar-refractivity contribution in [2.45, 2.75) is 31.6 Å². The van der Waals surface area contributed by atoms with E-state index in [0.717, 1.165) is 34.3 Å². The number of ether oxygens (including phenoxy) is 4. The molecule has 0 unspecified atom stereocenters. The number of morpholine rings is 1. The van der Waals surface area contributed by atoms with Crippen molar-refractivity contribution in [3.63, 3.8) is 0 Å². The van der Waals surface area contributed by atoms with Gasteiger partial charge in [-0.25, -0.2) is 14.4 Å². The van der Waals surface area contributed by atoms with Gasteiger partial charge in [0.05, 0.1) is 31.4 Å². The zero-order valence-electron chi connectivity index (χ0n) is 28.5. The Kier molecular flexibility index (Phi) is 31.8. The second-order valence-corrected chi connectivity index (χ2v) is 17.6. The number of aromatic carboxylic acids is 2. The zero-order chi connectivity index (χ0) is 41.2. The Hall–Kier alpha value is 1.03. The first-order valence-corrected chi connectivity index (χ1v) is 21.6. The molecule has 0 amide bonds. The van der Waals surface area contributed by atoms with Crippen LogP contribution in [0.5, 0.6) is 0 Å². The summed E-state index contributed by atoms with van der Waals surface area (Å²) < 4.78 is 93.9. The van der Waals surface area contributed by atoms with E-state index in [1.54, 1.807) is 12.1 Å². The molecule has 4 rings (SSSR count). The monoisotopic (exact) mass is 1590 g/mol. The number of esters is 2. The van der Waals surface area contributed by atoms with Crippen LogP contribution in [0.2, 0.25) is 0 Å². The summed E-state index contributed by atoms with van der Waals surface area (Å²) in [7, 11) is 0. The third-order valence-electron chi connectivity index (χ3n) is 6.74. The second kappa shape index (κ2) is 30.1. The maximum absolute atomic E-state index is 11.7. The molecule has 24 heteroatoms. The normalized spacial score (nSPS) is 14.4. The third-order valence-corrected chi connectivity index (χ3v) is 14.1. The molecule has 0 bridgehead atoms. The fourth-order valence-corrected chi connectivity index (χ4v) is 8.79. The Morgan fingerprint density at radius 2 is 1.14 bits per heavy atom. The number of carbonyl (C=O) groups is 4. The first-order valence-electron chi connectivity index (χ1n) is 15.1. The molecule has 0 atom stereocenters. The summed E-state index contributed by atoms with van der Waals surface area (Å²) in [6, 6.07) is 7.16. The topological polar surface area (TPSA) is 152 Å². The van der Waals surface area contributed by atoms with E-state index in [1.807, 2.05) is 62.2 Å². The van der Waals surface area contributed by atoms with Crippen LogP contribution in [0.1, 0.15) is 40.0 Å². The molecule has 1 N–H and O–H groups in total. The van der Waals surface area contributed by atoms with Crippen molar-refractivity contribution in [3.8, 4) is 0 Å². The Morgan fingerprint density at radius 3 is 1.57 bits per heavy atom. The van der Waals surface area contributed by atoms with Crippen LogP contribution < -0.4 is 5.11 Å². The molecule has 0 saturated carbocycles. The van der Waals surface area contributed by atoms with E-state index in [0.29, 0.717) is 64.0 Å². The van der Waals surface area contributed by atoms with Gasteiger partial charge < -0.3 is 41.4 Å². The van der Waals surface area contributed by atoms with Gasteiger partial charge in [0.25, 0.3) is 0 Å². The standard InChI is InChI=1S/C9H13F3O3.C8H12F3NO3.2C7H3I3O2.CH3.In.4H/c10-9(11,12)8(13)15-6-3-7-1-4-14-5-2-7;9-8(10,11)7(13)15-6-3-12-1-4-14-5-2-12;2*8-3-1-4(7(11)12)6(10)5(9)2-3;;;;;;/h7H,1-6H2;1-6H2;2*1-2H,(H,11,12);1H3;;;;;/q;;;;2*-1;;;;/p-1. The van der Waals surface area contributed by atoms with Gasteiger partial charge in [-0.3, -0.25) is 4.90 Å². The Bertz CT molecular complexity index is 1450. The first-order chi connectivity index (χ1) is 25.0. The molecule has 2 aliphatic rings. The molecule has 2 aromatic carbocycles. The van der Waals surface area contributed by atoms with Gasteiger partial charge in [0.15, 0.2) is 0 Å². The second-order valence-electron chi connectivity index (χ2n) is 10.7. The van der Waals surface area contributed by atoms with Gasteiger partial charge in [-0.15, -0.1) is 0 Å². The van der Waals surface area contributed by atoms with E-state index in [2.05, 4.69) is 99.8 Å². The molecule has 0 aromatic heterocycles. The van der Waals surface area contributed by atoms with Crippen LogP contribution in [-0.4, -0.2) is 131 Å².